The van der Waals surface area contributed by atoms with Crippen LogP contribution in [0, 0.1) is 12.3 Å². The first-order chi connectivity index (χ1) is 9.06. The number of ether oxygens (including phenoxy) is 1. The number of rotatable bonds is 8. The molecule has 3 heteroatoms. The largest absolute Gasteiger partial charge is 0.490 e. The summed E-state index contributed by atoms with van der Waals surface area (Å²) in [5.74, 6) is 0.829. The number of amidine groups is 1. The lowest BCUT2D eigenvalue weighted by Gasteiger charge is -2.19. The Balaban J connectivity index is 2.63. The molecule has 0 radical (unpaired) electrons. The number of nitrogens with two attached hydrogens (primary N) is 1. The number of benzene rings is 1. The number of nitrogens with one attached hydrogen (secondary N) is 1. The van der Waals surface area contributed by atoms with Crippen molar-refractivity contribution in [2.45, 2.75) is 59.0 Å². The fourth-order valence-corrected chi connectivity index (χ4v) is 2.14. The van der Waals surface area contributed by atoms with Gasteiger partial charge < -0.3 is 10.5 Å². The van der Waals surface area contributed by atoms with E-state index in [9.17, 15) is 0 Å². The van der Waals surface area contributed by atoms with Gasteiger partial charge >= 0.3 is 0 Å². The minimum Gasteiger partial charge on any atom is -0.490 e. The zero-order valence-corrected chi connectivity index (χ0v) is 12.3. The van der Waals surface area contributed by atoms with Crippen LogP contribution in [-0.4, -0.2) is 11.9 Å². The summed E-state index contributed by atoms with van der Waals surface area (Å²) in [6.45, 7) is 6.29. The minimum atomic E-state index is 0.0666. The highest BCUT2D eigenvalue weighted by Gasteiger charge is 2.12. The lowest BCUT2D eigenvalue weighted by Crippen LogP contribution is -2.18. The molecule has 0 bridgehead atoms. The lowest BCUT2D eigenvalue weighted by atomic mass is 10.1. The summed E-state index contributed by atoms with van der Waals surface area (Å²) in [7, 11) is 0. The molecule has 3 nitrogen and oxygen atoms in total. The molecule has 1 atom stereocenters. The molecule has 0 aliphatic rings. The number of hydrogen-bond donors (Lipinski definition) is 2. The maximum Gasteiger partial charge on any atom is 0.133 e. The smallest absolute Gasteiger partial charge is 0.133 e. The maximum absolute atomic E-state index is 7.61. The highest BCUT2D eigenvalue weighted by molar-refractivity contribution is 5.98. The fraction of sp³-hybridized carbons (Fsp3) is 0.562. The van der Waals surface area contributed by atoms with Crippen LogP contribution in [-0.2, 0) is 0 Å². The Kier molecular flexibility index (Phi) is 6.40. The summed E-state index contributed by atoms with van der Waals surface area (Å²) in [4.78, 5) is 0. The van der Waals surface area contributed by atoms with Gasteiger partial charge in [0.15, 0.2) is 0 Å². The lowest BCUT2D eigenvalue weighted by molar-refractivity contribution is 0.204. The Bertz CT molecular complexity index is 415. The topological polar surface area (TPSA) is 59.1 Å². The number of aryl methyl sites for hydroxylation is 1. The summed E-state index contributed by atoms with van der Waals surface area (Å²) >= 11 is 0. The number of unbranched alkanes of at least 4 members (excludes halogenated alkanes) is 3. The molecule has 3 N–H and O–H groups in total. The number of para-hydroxylation sites is 1. The van der Waals surface area contributed by atoms with Gasteiger partial charge in [-0.3, -0.25) is 5.41 Å². The first-order valence-corrected chi connectivity index (χ1v) is 7.17. The van der Waals surface area contributed by atoms with E-state index in [0.717, 1.165) is 17.7 Å². The molecule has 0 fully saturated rings. The molecule has 0 amide bonds. The Morgan fingerprint density at radius 2 is 2.05 bits per heavy atom. The highest BCUT2D eigenvalue weighted by Crippen LogP contribution is 2.25. The van der Waals surface area contributed by atoms with Crippen LogP contribution in [0.1, 0.15) is 57.1 Å². The Hall–Kier alpha value is -1.51. The van der Waals surface area contributed by atoms with E-state index in [4.69, 9.17) is 15.9 Å². The molecular weight excluding hydrogens is 236 g/mol. The molecule has 0 saturated carbocycles. The van der Waals surface area contributed by atoms with Gasteiger partial charge in [-0.05, 0) is 38.3 Å². The zero-order chi connectivity index (χ0) is 14.3. The average molecular weight is 262 g/mol. The van der Waals surface area contributed by atoms with Crippen molar-refractivity contribution in [1.29, 1.82) is 5.41 Å². The van der Waals surface area contributed by atoms with E-state index in [1.807, 2.05) is 25.1 Å². The quantitative estimate of drug-likeness (QED) is 0.422. The predicted molar refractivity (Wildman–Crippen MR) is 81.0 cm³/mol. The summed E-state index contributed by atoms with van der Waals surface area (Å²) in [5.41, 5.74) is 7.33. The third-order valence-electron chi connectivity index (χ3n) is 3.29. The Labute approximate surface area is 116 Å². The van der Waals surface area contributed by atoms with Crippen LogP contribution < -0.4 is 10.5 Å². The molecule has 0 heterocycles. The van der Waals surface area contributed by atoms with Crippen LogP contribution in [0.25, 0.3) is 0 Å². The molecule has 0 aliphatic carbocycles. The van der Waals surface area contributed by atoms with Crippen molar-refractivity contribution in [3.63, 3.8) is 0 Å². The van der Waals surface area contributed by atoms with E-state index < -0.39 is 0 Å². The molecule has 1 unspecified atom stereocenters. The van der Waals surface area contributed by atoms with E-state index in [1.54, 1.807) is 0 Å². The molecular formula is C16H26N2O. The van der Waals surface area contributed by atoms with Crippen LogP contribution in [0.5, 0.6) is 5.75 Å². The molecule has 0 aromatic heterocycles. The molecule has 1 rings (SSSR count). The van der Waals surface area contributed by atoms with Gasteiger partial charge in [0, 0.05) is 0 Å². The van der Waals surface area contributed by atoms with Crippen LogP contribution >= 0.6 is 0 Å². The van der Waals surface area contributed by atoms with E-state index in [2.05, 4.69) is 13.8 Å². The van der Waals surface area contributed by atoms with Gasteiger partial charge in [0.2, 0.25) is 0 Å². The first-order valence-electron chi connectivity index (χ1n) is 7.17. The molecule has 0 spiro atoms. The normalized spacial score (nSPS) is 12.2. The van der Waals surface area contributed by atoms with Gasteiger partial charge in [-0.25, -0.2) is 0 Å². The van der Waals surface area contributed by atoms with E-state index in [1.165, 1.54) is 25.7 Å². The molecule has 106 valence electrons. The van der Waals surface area contributed by atoms with Crippen molar-refractivity contribution in [3.05, 3.63) is 29.3 Å². The minimum absolute atomic E-state index is 0.0666. The van der Waals surface area contributed by atoms with Crippen LogP contribution in [0.3, 0.4) is 0 Å². The highest BCUT2D eigenvalue weighted by atomic mass is 16.5. The summed E-state index contributed by atoms with van der Waals surface area (Å²) in [6, 6.07) is 5.74. The number of hydrogen-bond acceptors (Lipinski definition) is 2. The number of nitrogen functional groups attached to an aromatic ring is 1. The monoisotopic (exact) mass is 262 g/mol. The van der Waals surface area contributed by atoms with E-state index >= 15 is 0 Å². The molecule has 1 aromatic rings. The molecule has 1 aromatic carbocycles. The Morgan fingerprint density at radius 1 is 1.32 bits per heavy atom. The van der Waals surface area contributed by atoms with Crippen molar-refractivity contribution in [3.8, 4) is 5.75 Å². The summed E-state index contributed by atoms with van der Waals surface area (Å²) in [5, 5.41) is 7.61. The van der Waals surface area contributed by atoms with E-state index in [-0.39, 0.29) is 11.9 Å². The van der Waals surface area contributed by atoms with E-state index in [0.29, 0.717) is 5.56 Å². The molecule has 0 aliphatic heterocycles. The predicted octanol–water partition coefficient (Wildman–Crippen LogP) is 4.02. The molecule has 19 heavy (non-hydrogen) atoms. The summed E-state index contributed by atoms with van der Waals surface area (Å²) in [6.07, 6.45) is 6.20. The van der Waals surface area contributed by atoms with Gasteiger partial charge in [0.25, 0.3) is 0 Å². The fourth-order valence-electron chi connectivity index (χ4n) is 2.14. The van der Waals surface area contributed by atoms with Crippen LogP contribution in [0.2, 0.25) is 0 Å². The van der Waals surface area contributed by atoms with Crippen LogP contribution in [0.4, 0.5) is 0 Å². The van der Waals surface area contributed by atoms with Crippen LogP contribution in [0.15, 0.2) is 18.2 Å². The third kappa shape index (κ3) is 4.93. The average Bonchev–Trinajstić information content (AvgIpc) is 2.37. The first kappa shape index (κ1) is 15.5. The second-order valence-corrected chi connectivity index (χ2v) is 5.14. The van der Waals surface area contributed by atoms with Crippen molar-refractivity contribution in [1.82, 2.24) is 0 Å². The van der Waals surface area contributed by atoms with Gasteiger partial charge in [-0.2, -0.15) is 0 Å². The van der Waals surface area contributed by atoms with Crippen molar-refractivity contribution in [2.24, 2.45) is 5.73 Å². The third-order valence-corrected chi connectivity index (χ3v) is 3.29. The second kappa shape index (κ2) is 7.82. The second-order valence-electron chi connectivity index (χ2n) is 5.14. The van der Waals surface area contributed by atoms with Crippen molar-refractivity contribution >= 4 is 5.84 Å². The van der Waals surface area contributed by atoms with Crippen molar-refractivity contribution in [2.75, 3.05) is 0 Å². The summed E-state index contributed by atoms with van der Waals surface area (Å²) < 4.78 is 6.00. The van der Waals surface area contributed by atoms with Gasteiger partial charge in [-0.15, -0.1) is 0 Å². The Morgan fingerprint density at radius 3 is 2.68 bits per heavy atom. The van der Waals surface area contributed by atoms with Crippen molar-refractivity contribution < 1.29 is 4.74 Å². The van der Waals surface area contributed by atoms with Gasteiger partial charge in [-0.1, -0.05) is 38.3 Å². The standard InChI is InChI=1S/C16H26N2O/c1-4-5-6-7-10-13(3)19-15-12(2)9-8-11-14(15)16(17)18/h8-9,11,13H,4-7,10H2,1-3H3,(H3,17,18). The van der Waals surface area contributed by atoms with Gasteiger partial charge in [0.1, 0.15) is 11.6 Å². The van der Waals surface area contributed by atoms with Gasteiger partial charge in [0.05, 0.1) is 11.7 Å². The zero-order valence-electron chi connectivity index (χ0n) is 12.3. The maximum atomic E-state index is 7.61. The molecule has 0 saturated heterocycles. The SMILES string of the molecule is CCCCCCC(C)Oc1c(C)cccc1C(=N)N.